The van der Waals surface area contributed by atoms with Gasteiger partial charge >= 0.3 is 0 Å². The topological polar surface area (TPSA) is 49.3 Å². The molecule has 0 aromatic rings. The summed E-state index contributed by atoms with van der Waals surface area (Å²) < 4.78 is 0. The predicted molar refractivity (Wildman–Crippen MR) is 55.9 cm³/mol. The number of rotatable bonds is 2. The Morgan fingerprint density at radius 1 is 1.29 bits per heavy atom. The van der Waals surface area contributed by atoms with Gasteiger partial charge in [0, 0.05) is 6.04 Å². The van der Waals surface area contributed by atoms with Crippen molar-refractivity contribution < 1.29 is 9.90 Å². The molecule has 0 bridgehead atoms. The number of nitrogens with one attached hydrogen (secondary N) is 1. The fourth-order valence-corrected chi connectivity index (χ4v) is 1.77. The van der Waals surface area contributed by atoms with Gasteiger partial charge in [0.25, 0.3) is 5.91 Å². The summed E-state index contributed by atoms with van der Waals surface area (Å²) in [5.41, 5.74) is -1.25. The first-order valence-corrected chi connectivity index (χ1v) is 5.43. The zero-order chi connectivity index (χ0) is 10.8. The summed E-state index contributed by atoms with van der Waals surface area (Å²) in [5.74, 6) is 0.530. The molecule has 0 saturated heterocycles. The molecule has 2 N–H and O–H groups in total. The summed E-state index contributed by atoms with van der Waals surface area (Å²) in [7, 11) is 0. The fourth-order valence-electron chi connectivity index (χ4n) is 1.77. The zero-order valence-electron chi connectivity index (χ0n) is 9.34. The molecular weight excluding hydrogens is 178 g/mol. The summed E-state index contributed by atoms with van der Waals surface area (Å²) in [6.07, 6.45) is 4.44. The minimum atomic E-state index is -1.25. The molecule has 3 heteroatoms. The molecule has 0 heterocycles. The highest BCUT2D eigenvalue weighted by atomic mass is 16.3. The molecule has 0 spiro atoms. The first-order valence-electron chi connectivity index (χ1n) is 5.43. The van der Waals surface area contributed by atoms with Crippen LogP contribution in [0.5, 0.6) is 0 Å². The van der Waals surface area contributed by atoms with Crippen LogP contribution in [0.2, 0.25) is 0 Å². The maximum absolute atomic E-state index is 11.5. The lowest BCUT2D eigenvalue weighted by molar-refractivity contribution is -0.137. The molecule has 3 nitrogen and oxygen atoms in total. The average molecular weight is 199 g/mol. The van der Waals surface area contributed by atoms with Crippen LogP contribution in [-0.4, -0.2) is 22.7 Å². The molecule has 0 radical (unpaired) electrons. The Kier molecular flexibility index (Phi) is 3.53. The SMILES string of the molecule is CC(C)(O)C(=O)N[C@H]1CC[C@H](C)CC1. The maximum atomic E-state index is 11.5. The molecule has 1 aliphatic carbocycles. The normalized spacial score (nSPS) is 28.6. The molecule has 0 aromatic heterocycles. The fraction of sp³-hybridized carbons (Fsp3) is 0.909. The largest absolute Gasteiger partial charge is 0.381 e. The molecule has 14 heavy (non-hydrogen) atoms. The number of carbonyl (C=O) groups is 1. The second kappa shape index (κ2) is 4.30. The third-order valence-electron chi connectivity index (χ3n) is 2.91. The van der Waals surface area contributed by atoms with E-state index in [0.29, 0.717) is 0 Å². The van der Waals surface area contributed by atoms with Gasteiger partial charge in [-0.3, -0.25) is 4.79 Å². The van der Waals surface area contributed by atoms with Crippen molar-refractivity contribution in [3.8, 4) is 0 Å². The molecule has 82 valence electrons. The van der Waals surface area contributed by atoms with E-state index in [1.165, 1.54) is 26.7 Å². The maximum Gasteiger partial charge on any atom is 0.251 e. The van der Waals surface area contributed by atoms with Gasteiger partial charge < -0.3 is 10.4 Å². The highest BCUT2D eigenvalue weighted by molar-refractivity contribution is 5.84. The Balaban J connectivity index is 2.35. The van der Waals surface area contributed by atoms with Crippen LogP contribution in [0.4, 0.5) is 0 Å². The molecule has 1 saturated carbocycles. The van der Waals surface area contributed by atoms with Gasteiger partial charge in [0.1, 0.15) is 5.60 Å². The van der Waals surface area contributed by atoms with Gasteiger partial charge in [-0.1, -0.05) is 6.92 Å². The monoisotopic (exact) mass is 199 g/mol. The van der Waals surface area contributed by atoms with E-state index in [2.05, 4.69) is 12.2 Å². The average Bonchev–Trinajstić information content (AvgIpc) is 2.07. The van der Waals surface area contributed by atoms with Gasteiger partial charge in [-0.25, -0.2) is 0 Å². The highest BCUT2D eigenvalue weighted by Crippen LogP contribution is 2.23. The molecule has 0 aliphatic heterocycles. The van der Waals surface area contributed by atoms with Gasteiger partial charge in [0.05, 0.1) is 0 Å². The zero-order valence-corrected chi connectivity index (χ0v) is 9.34. The second-order valence-electron chi connectivity index (χ2n) is 4.99. The van der Waals surface area contributed by atoms with Gasteiger partial charge in [0.15, 0.2) is 0 Å². The minimum absolute atomic E-state index is 0.253. The lowest BCUT2D eigenvalue weighted by Gasteiger charge is -2.29. The van der Waals surface area contributed by atoms with Crippen LogP contribution in [0.25, 0.3) is 0 Å². The first kappa shape index (κ1) is 11.5. The predicted octanol–water partition coefficient (Wildman–Crippen LogP) is 1.45. The third-order valence-corrected chi connectivity index (χ3v) is 2.91. The number of carbonyl (C=O) groups excluding carboxylic acids is 1. The van der Waals surface area contributed by atoms with E-state index in [1.54, 1.807) is 0 Å². The number of amides is 1. The lowest BCUT2D eigenvalue weighted by Crippen LogP contribution is -2.47. The molecule has 1 aliphatic rings. The summed E-state index contributed by atoms with van der Waals surface area (Å²) >= 11 is 0. The van der Waals surface area contributed by atoms with Gasteiger partial charge in [0.2, 0.25) is 0 Å². The van der Waals surface area contributed by atoms with Crippen molar-refractivity contribution in [2.45, 2.75) is 58.1 Å². The van der Waals surface area contributed by atoms with E-state index < -0.39 is 5.60 Å². The van der Waals surface area contributed by atoms with Crippen molar-refractivity contribution in [3.05, 3.63) is 0 Å². The van der Waals surface area contributed by atoms with Crippen molar-refractivity contribution in [1.29, 1.82) is 0 Å². The molecule has 1 fully saturated rings. The van der Waals surface area contributed by atoms with E-state index in [1.807, 2.05) is 0 Å². The second-order valence-corrected chi connectivity index (χ2v) is 4.99. The summed E-state index contributed by atoms with van der Waals surface area (Å²) in [6.45, 7) is 5.29. The number of aliphatic hydroxyl groups is 1. The van der Waals surface area contributed by atoms with Crippen LogP contribution in [0.1, 0.15) is 46.5 Å². The molecule has 0 aromatic carbocycles. The molecule has 0 unspecified atom stereocenters. The van der Waals surface area contributed by atoms with Crippen LogP contribution in [-0.2, 0) is 4.79 Å². The lowest BCUT2D eigenvalue weighted by atomic mass is 9.87. The van der Waals surface area contributed by atoms with Gasteiger partial charge in [-0.05, 0) is 45.4 Å². The summed E-state index contributed by atoms with van der Waals surface area (Å²) in [4.78, 5) is 11.5. The van der Waals surface area contributed by atoms with E-state index in [-0.39, 0.29) is 11.9 Å². The Labute approximate surface area is 85.9 Å². The van der Waals surface area contributed by atoms with Crippen molar-refractivity contribution in [1.82, 2.24) is 5.32 Å². The van der Waals surface area contributed by atoms with Crippen LogP contribution in [0.15, 0.2) is 0 Å². The minimum Gasteiger partial charge on any atom is -0.381 e. The van der Waals surface area contributed by atoms with Crippen LogP contribution < -0.4 is 5.32 Å². The molecule has 1 rings (SSSR count). The third kappa shape index (κ3) is 3.29. The highest BCUT2D eigenvalue weighted by Gasteiger charge is 2.27. The Morgan fingerprint density at radius 2 is 1.79 bits per heavy atom. The van der Waals surface area contributed by atoms with Crippen molar-refractivity contribution >= 4 is 5.91 Å². The number of hydrogen-bond donors (Lipinski definition) is 2. The molecular formula is C11H21NO2. The van der Waals surface area contributed by atoms with Crippen molar-refractivity contribution in [2.24, 2.45) is 5.92 Å². The Hall–Kier alpha value is -0.570. The smallest absolute Gasteiger partial charge is 0.251 e. The Morgan fingerprint density at radius 3 is 2.21 bits per heavy atom. The van der Waals surface area contributed by atoms with E-state index in [4.69, 9.17) is 0 Å². The Bertz CT molecular complexity index is 200. The first-order chi connectivity index (χ1) is 6.39. The number of hydrogen-bond acceptors (Lipinski definition) is 2. The molecule has 0 atom stereocenters. The van der Waals surface area contributed by atoms with Gasteiger partial charge in [-0.2, -0.15) is 0 Å². The summed E-state index contributed by atoms with van der Waals surface area (Å²) in [5, 5.41) is 12.3. The van der Waals surface area contributed by atoms with Gasteiger partial charge in [-0.15, -0.1) is 0 Å². The summed E-state index contributed by atoms with van der Waals surface area (Å²) in [6, 6.07) is 0.269. The van der Waals surface area contributed by atoms with Crippen molar-refractivity contribution in [3.63, 3.8) is 0 Å². The van der Waals surface area contributed by atoms with Crippen molar-refractivity contribution in [2.75, 3.05) is 0 Å². The quantitative estimate of drug-likeness (QED) is 0.707. The van der Waals surface area contributed by atoms with Crippen LogP contribution in [0.3, 0.4) is 0 Å². The van der Waals surface area contributed by atoms with E-state index >= 15 is 0 Å². The standard InChI is InChI=1S/C11H21NO2/c1-8-4-6-9(7-5-8)12-10(13)11(2,3)14/h8-9,14H,4-7H2,1-3H3,(H,12,13)/t8-,9-. The van der Waals surface area contributed by atoms with Crippen LogP contribution in [0, 0.1) is 5.92 Å². The molecule has 1 amide bonds. The van der Waals surface area contributed by atoms with E-state index in [9.17, 15) is 9.90 Å². The van der Waals surface area contributed by atoms with Crippen LogP contribution >= 0.6 is 0 Å². The van der Waals surface area contributed by atoms with E-state index in [0.717, 1.165) is 18.8 Å².